The number of halogens is 1. The molecule has 7 heteroatoms. The maximum Gasteiger partial charge on any atom is 0.270 e. The summed E-state index contributed by atoms with van der Waals surface area (Å²) in [5.74, 6) is -1.41. The zero-order valence-electron chi connectivity index (χ0n) is 14.6. The van der Waals surface area contributed by atoms with Gasteiger partial charge in [-0.15, -0.1) is 0 Å². The largest absolute Gasteiger partial charge is 0.382 e. The minimum Gasteiger partial charge on any atom is -0.382 e. The number of nitrogens with zero attached hydrogens (tertiary/aromatic N) is 1. The van der Waals surface area contributed by atoms with Crippen molar-refractivity contribution in [2.45, 2.75) is 32.4 Å². The lowest BCUT2D eigenvalue weighted by molar-refractivity contribution is -0.120. The average molecular weight is 359 g/mol. The van der Waals surface area contributed by atoms with Crippen LogP contribution in [0.5, 0.6) is 0 Å². The molecular formula is C19H22FN3O3. The summed E-state index contributed by atoms with van der Waals surface area (Å²) in [4.78, 5) is 28.0. The third-order valence-electron chi connectivity index (χ3n) is 3.83. The molecule has 0 spiro atoms. The number of nitrogens with two attached hydrogens (primary N) is 1. The van der Waals surface area contributed by atoms with E-state index in [4.69, 9.17) is 5.73 Å². The van der Waals surface area contributed by atoms with Crippen molar-refractivity contribution in [1.29, 1.82) is 0 Å². The van der Waals surface area contributed by atoms with Crippen molar-refractivity contribution in [3.63, 3.8) is 0 Å². The van der Waals surface area contributed by atoms with Crippen LogP contribution < -0.4 is 11.1 Å². The molecule has 0 aliphatic heterocycles. The van der Waals surface area contributed by atoms with Crippen LogP contribution in [0.2, 0.25) is 0 Å². The monoisotopic (exact) mass is 359 g/mol. The number of aromatic nitrogens is 1. The molecule has 0 saturated heterocycles. The Bertz CT molecular complexity index is 778. The zero-order valence-corrected chi connectivity index (χ0v) is 14.6. The van der Waals surface area contributed by atoms with Gasteiger partial charge in [0.25, 0.3) is 5.91 Å². The highest BCUT2D eigenvalue weighted by Gasteiger charge is 2.21. The molecule has 0 fully saturated rings. The standard InChI is InChI=1S/C19H22FN3O3/c1-11(2)10-16(18(21)25)23-19(26)15-5-3-4-14(22-15)17(24)12-6-8-13(20)9-7-12/h3-9,11,16-17,24H,10H2,1-2H3,(H2,21,25)(H,23,26). The molecule has 138 valence electrons. The SMILES string of the molecule is CC(C)CC(NC(=O)c1cccc(C(O)c2ccc(F)cc2)n1)C(N)=O. The number of benzene rings is 1. The number of pyridine rings is 1. The molecule has 1 heterocycles. The molecule has 2 aromatic rings. The number of primary amides is 1. The maximum atomic E-state index is 13.0. The van der Waals surface area contributed by atoms with Gasteiger partial charge in [0.1, 0.15) is 23.7 Å². The molecule has 2 rings (SSSR count). The third-order valence-corrected chi connectivity index (χ3v) is 3.83. The molecule has 0 radical (unpaired) electrons. The Balaban J connectivity index is 2.18. The third kappa shape index (κ3) is 5.10. The summed E-state index contributed by atoms with van der Waals surface area (Å²) in [6, 6.07) is 9.17. The van der Waals surface area contributed by atoms with E-state index in [9.17, 15) is 19.1 Å². The Morgan fingerprint density at radius 3 is 2.42 bits per heavy atom. The second-order valence-electron chi connectivity index (χ2n) is 6.46. The second kappa shape index (κ2) is 8.53. The highest BCUT2D eigenvalue weighted by Crippen LogP contribution is 2.20. The summed E-state index contributed by atoms with van der Waals surface area (Å²) in [7, 11) is 0. The molecule has 1 aromatic heterocycles. The van der Waals surface area contributed by atoms with E-state index in [0.717, 1.165) is 0 Å². The first-order valence-corrected chi connectivity index (χ1v) is 8.28. The van der Waals surface area contributed by atoms with E-state index >= 15 is 0 Å². The van der Waals surface area contributed by atoms with Crippen molar-refractivity contribution >= 4 is 11.8 Å². The van der Waals surface area contributed by atoms with Gasteiger partial charge in [0.05, 0.1) is 5.69 Å². The molecule has 0 aliphatic rings. The van der Waals surface area contributed by atoms with Crippen LogP contribution >= 0.6 is 0 Å². The molecule has 0 bridgehead atoms. The highest BCUT2D eigenvalue weighted by atomic mass is 19.1. The number of nitrogens with one attached hydrogen (secondary N) is 1. The summed E-state index contributed by atoms with van der Waals surface area (Å²) in [6.07, 6.45) is -0.690. The van der Waals surface area contributed by atoms with E-state index in [1.165, 1.54) is 30.3 Å². The van der Waals surface area contributed by atoms with Gasteiger partial charge in [-0.3, -0.25) is 9.59 Å². The van der Waals surface area contributed by atoms with Gasteiger partial charge in [0.15, 0.2) is 0 Å². The predicted molar refractivity (Wildman–Crippen MR) is 94.6 cm³/mol. The van der Waals surface area contributed by atoms with Crippen molar-refractivity contribution in [3.05, 3.63) is 65.2 Å². The van der Waals surface area contributed by atoms with Gasteiger partial charge in [-0.05, 0) is 42.2 Å². The number of carbonyl (C=O) groups is 2. The second-order valence-corrected chi connectivity index (χ2v) is 6.46. The smallest absolute Gasteiger partial charge is 0.270 e. The van der Waals surface area contributed by atoms with E-state index < -0.39 is 29.8 Å². The molecule has 2 unspecified atom stereocenters. The fourth-order valence-corrected chi connectivity index (χ4v) is 2.50. The summed E-state index contributed by atoms with van der Waals surface area (Å²) in [5.41, 5.74) is 6.08. The Morgan fingerprint density at radius 1 is 1.19 bits per heavy atom. The maximum absolute atomic E-state index is 13.0. The summed E-state index contributed by atoms with van der Waals surface area (Å²) in [5, 5.41) is 13.0. The summed E-state index contributed by atoms with van der Waals surface area (Å²) in [6.45, 7) is 3.83. The van der Waals surface area contributed by atoms with Crippen LogP contribution in [-0.4, -0.2) is 27.9 Å². The van der Waals surface area contributed by atoms with E-state index in [0.29, 0.717) is 12.0 Å². The molecule has 1 aromatic carbocycles. The van der Waals surface area contributed by atoms with Crippen LogP contribution in [0, 0.1) is 11.7 Å². The van der Waals surface area contributed by atoms with Crippen LogP contribution in [0.1, 0.15) is 48.1 Å². The molecule has 0 saturated carbocycles. The van der Waals surface area contributed by atoms with Crippen molar-refractivity contribution in [1.82, 2.24) is 10.3 Å². The summed E-state index contributed by atoms with van der Waals surface area (Å²) >= 11 is 0. The number of carbonyl (C=O) groups excluding carboxylic acids is 2. The van der Waals surface area contributed by atoms with Gasteiger partial charge in [-0.25, -0.2) is 9.37 Å². The Labute approximate surface area is 151 Å². The van der Waals surface area contributed by atoms with Crippen LogP contribution in [0.15, 0.2) is 42.5 Å². The van der Waals surface area contributed by atoms with Crippen LogP contribution in [0.4, 0.5) is 4.39 Å². The number of aliphatic hydroxyl groups is 1. The average Bonchev–Trinajstić information content (AvgIpc) is 2.60. The van der Waals surface area contributed by atoms with Crippen molar-refractivity contribution in [2.75, 3.05) is 0 Å². The fourth-order valence-electron chi connectivity index (χ4n) is 2.50. The molecular weight excluding hydrogens is 337 g/mol. The molecule has 0 aliphatic carbocycles. The predicted octanol–water partition coefficient (Wildman–Crippen LogP) is 1.93. The molecule has 4 N–H and O–H groups in total. The molecule has 2 atom stereocenters. The van der Waals surface area contributed by atoms with Gasteiger partial charge in [-0.2, -0.15) is 0 Å². The van der Waals surface area contributed by atoms with E-state index in [1.807, 2.05) is 13.8 Å². The quantitative estimate of drug-likeness (QED) is 0.702. The summed E-state index contributed by atoms with van der Waals surface area (Å²) < 4.78 is 13.0. The Kier molecular flexibility index (Phi) is 6.41. The van der Waals surface area contributed by atoms with Gasteiger partial charge < -0.3 is 16.2 Å². The van der Waals surface area contributed by atoms with E-state index in [-0.39, 0.29) is 17.3 Å². The first kappa shape index (κ1) is 19.5. The Hall–Kier alpha value is -2.80. The van der Waals surface area contributed by atoms with Crippen LogP contribution in [-0.2, 0) is 4.79 Å². The van der Waals surface area contributed by atoms with Gasteiger partial charge in [0.2, 0.25) is 5.91 Å². The Morgan fingerprint density at radius 2 is 1.85 bits per heavy atom. The highest BCUT2D eigenvalue weighted by molar-refractivity contribution is 5.95. The molecule has 2 amide bonds. The van der Waals surface area contributed by atoms with Gasteiger partial charge >= 0.3 is 0 Å². The van der Waals surface area contributed by atoms with E-state index in [2.05, 4.69) is 10.3 Å². The number of hydrogen-bond donors (Lipinski definition) is 3. The first-order chi connectivity index (χ1) is 12.3. The lowest BCUT2D eigenvalue weighted by Crippen LogP contribution is -2.45. The normalized spacial score (nSPS) is 13.3. The van der Waals surface area contributed by atoms with Gasteiger partial charge in [0, 0.05) is 0 Å². The number of aliphatic hydroxyl groups excluding tert-OH is 1. The molecule has 6 nitrogen and oxygen atoms in total. The molecule has 26 heavy (non-hydrogen) atoms. The van der Waals surface area contributed by atoms with Crippen molar-refractivity contribution in [3.8, 4) is 0 Å². The number of amides is 2. The fraction of sp³-hybridized carbons (Fsp3) is 0.316. The number of rotatable bonds is 7. The zero-order chi connectivity index (χ0) is 19.3. The van der Waals surface area contributed by atoms with E-state index in [1.54, 1.807) is 12.1 Å². The van der Waals surface area contributed by atoms with Crippen LogP contribution in [0.3, 0.4) is 0 Å². The minimum atomic E-state index is -1.11. The van der Waals surface area contributed by atoms with Crippen molar-refractivity contribution < 1.29 is 19.1 Å². The van der Waals surface area contributed by atoms with Gasteiger partial charge in [-0.1, -0.05) is 32.0 Å². The lowest BCUT2D eigenvalue weighted by Gasteiger charge is -2.17. The first-order valence-electron chi connectivity index (χ1n) is 8.28. The van der Waals surface area contributed by atoms with Crippen molar-refractivity contribution in [2.24, 2.45) is 11.7 Å². The van der Waals surface area contributed by atoms with Crippen LogP contribution in [0.25, 0.3) is 0 Å². The minimum absolute atomic E-state index is 0.0543. The number of hydrogen-bond acceptors (Lipinski definition) is 4. The topological polar surface area (TPSA) is 105 Å². The lowest BCUT2D eigenvalue weighted by atomic mass is 10.0.